The van der Waals surface area contributed by atoms with Crippen LogP contribution >= 0.6 is 22.9 Å². The van der Waals surface area contributed by atoms with Gasteiger partial charge in [0.25, 0.3) is 0 Å². The van der Waals surface area contributed by atoms with Crippen molar-refractivity contribution in [3.05, 3.63) is 56.7 Å². The minimum absolute atomic E-state index is 0.279. The van der Waals surface area contributed by atoms with E-state index in [1.807, 2.05) is 0 Å². The molecule has 82 valence electrons. The van der Waals surface area contributed by atoms with E-state index in [0.717, 1.165) is 17.4 Å². The standard InChI is InChI=1S/C11H5ClF2OS/c12-9-5-4-8(16-9)11(15)6-2-1-3-7(13)10(6)14/h1-5H. The SMILES string of the molecule is O=C(c1ccc(Cl)s1)c1cccc(F)c1F. The zero-order valence-corrected chi connectivity index (χ0v) is 9.41. The van der Waals surface area contributed by atoms with E-state index in [4.69, 9.17) is 11.6 Å². The molecule has 2 rings (SSSR count). The Morgan fingerprint density at radius 1 is 1.19 bits per heavy atom. The van der Waals surface area contributed by atoms with Crippen LogP contribution in [0.4, 0.5) is 8.78 Å². The Morgan fingerprint density at radius 3 is 2.56 bits per heavy atom. The number of hydrogen-bond donors (Lipinski definition) is 0. The van der Waals surface area contributed by atoms with Crippen molar-refractivity contribution < 1.29 is 13.6 Å². The van der Waals surface area contributed by atoms with Crippen molar-refractivity contribution >= 4 is 28.7 Å². The lowest BCUT2D eigenvalue weighted by molar-refractivity contribution is 0.103. The highest BCUT2D eigenvalue weighted by Crippen LogP contribution is 2.25. The third-order valence-corrected chi connectivity index (χ3v) is 3.22. The molecule has 0 aliphatic heterocycles. The molecule has 2 aromatic rings. The van der Waals surface area contributed by atoms with Crippen LogP contribution < -0.4 is 0 Å². The molecule has 0 unspecified atom stereocenters. The number of carbonyl (C=O) groups excluding carboxylic acids is 1. The molecule has 16 heavy (non-hydrogen) atoms. The molecule has 5 heteroatoms. The van der Waals surface area contributed by atoms with Crippen LogP contribution in [0, 0.1) is 11.6 Å². The molecule has 0 aliphatic rings. The Labute approximate surface area is 99.3 Å². The summed E-state index contributed by atoms with van der Waals surface area (Å²) in [4.78, 5) is 12.1. The molecule has 1 aromatic carbocycles. The van der Waals surface area contributed by atoms with Crippen LogP contribution in [-0.2, 0) is 0 Å². The summed E-state index contributed by atoms with van der Waals surface area (Å²) in [5.74, 6) is -2.72. The lowest BCUT2D eigenvalue weighted by Crippen LogP contribution is -2.03. The Morgan fingerprint density at radius 2 is 1.94 bits per heavy atom. The molecule has 0 aliphatic carbocycles. The highest BCUT2D eigenvalue weighted by Gasteiger charge is 2.17. The average molecular weight is 259 g/mol. The summed E-state index contributed by atoms with van der Waals surface area (Å²) in [5, 5.41) is 0. The van der Waals surface area contributed by atoms with Crippen molar-refractivity contribution in [1.82, 2.24) is 0 Å². The van der Waals surface area contributed by atoms with Gasteiger partial charge in [-0.05, 0) is 24.3 Å². The van der Waals surface area contributed by atoms with Gasteiger partial charge >= 0.3 is 0 Å². The first kappa shape index (κ1) is 11.2. The first-order valence-corrected chi connectivity index (χ1v) is 5.53. The molecule has 0 saturated heterocycles. The van der Waals surface area contributed by atoms with E-state index in [1.54, 1.807) is 0 Å². The van der Waals surface area contributed by atoms with E-state index in [1.165, 1.54) is 24.3 Å². The van der Waals surface area contributed by atoms with Gasteiger partial charge in [0.15, 0.2) is 11.6 Å². The largest absolute Gasteiger partial charge is 0.288 e. The summed E-state index contributed by atoms with van der Waals surface area (Å²) in [6.07, 6.45) is 0. The summed E-state index contributed by atoms with van der Waals surface area (Å²) in [5.41, 5.74) is -0.279. The molecule has 0 bridgehead atoms. The number of ketones is 1. The maximum Gasteiger partial charge on any atom is 0.206 e. The molecule has 0 radical (unpaired) electrons. The maximum atomic E-state index is 13.3. The van der Waals surface area contributed by atoms with Crippen LogP contribution in [0.3, 0.4) is 0 Å². The predicted molar refractivity (Wildman–Crippen MR) is 59.1 cm³/mol. The zero-order valence-electron chi connectivity index (χ0n) is 7.84. The number of thiophene rings is 1. The summed E-state index contributed by atoms with van der Waals surface area (Å²) in [6, 6.07) is 6.53. The summed E-state index contributed by atoms with van der Waals surface area (Å²) in [6.45, 7) is 0. The number of hydrogen-bond acceptors (Lipinski definition) is 2. The molecule has 0 atom stereocenters. The Bertz CT molecular complexity index is 551. The normalized spacial score (nSPS) is 10.4. The van der Waals surface area contributed by atoms with E-state index in [2.05, 4.69) is 0 Å². The monoisotopic (exact) mass is 258 g/mol. The summed E-state index contributed by atoms with van der Waals surface area (Å²) < 4.78 is 26.7. The highest BCUT2D eigenvalue weighted by molar-refractivity contribution is 7.18. The van der Waals surface area contributed by atoms with Crippen molar-refractivity contribution in [2.45, 2.75) is 0 Å². The lowest BCUT2D eigenvalue weighted by Gasteiger charge is -2.00. The van der Waals surface area contributed by atoms with Crippen LogP contribution in [0.15, 0.2) is 30.3 Å². The van der Waals surface area contributed by atoms with E-state index in [9.17, 15) is 13.6 Å². The Balaban J connectivity index is 2.45. The fourth-order valence-electron chi connectivity index (χ4n) is 1.25. The number of benzene rings is 1. The number of rotatable bonds is 2. The van der Waals surface area contributed by atoms with Crippen LogP contribution in [0.2, 0.25) is 4.34 Å². The number of halogens is 3. The zero-order chi connectivity index (χ0) is 11.7. The van der Waals surface area contributed by atoms with Gasteiger partial charge in [-0.25, -0.2) is 8.78 Å². The minimum atomic E-state index is -1.13. The average Bonchev–Trinajstić information content (AvgIpc) is 2.68. The molecule has 0 spiro atoms. The minimum Gasteiger partial charge on any atom is -0.288 e. The predicted octanol–water partition coefficient (Wildman–Crippen LogP) is 3.91. The lowest BCUT2D eigenvalue weighted by atomic mass is 10.1. The summed E-state index contributed by atoms with van der Waals surface area (Å²) >= 11 is 6.69. The summed E-state index contributed by atoms with van der Waals surface area (Å²) in [7, 11) is 0. The van der Waals surface area contributed by atoms with Crippen LogP contribution in [0.5, 0.6) is 0 Å². The van der Waals surface area contributed by atoms with E-state index in [-0.39, 0.29) is 10.4 Å². The van der Waals surface area contributed by atoms with Crippen LogP contribution in [0.1, 0.15) is 15.2 Å². The van der Waals surface area contributed by atoms with Crippen molar-refractivity contribution in [1.29, 1.82) is 0 Å². The molecule has 0 saturated carbocycles. The van der Waals surface area contributed by atoms with Gasteiger partial charge < -0.3 is 0 Å². The smallest absolute Gasteiger partial charge is 0.206 e. The fourth-order valence-corrected chi connectivity index (χ4v) is 2.25. The van der Waals surface area contributed by atoms with Crippen molar-refractivity contribution in [3.63, 3.8) is 0 Å². The third-order valence-electron chi connectivity index (χ3n) is 1.99. The topological polar surface area (TPSA) is 17.1 Å². The highest BCUT2D eigenvalue weighted by atomic mass is 35.5. The maximum absolute atomic E-state index is 13.3. The van der Waals surface area contributed by atoms with E-state index >= 15 is 0 Å². The van der Waals surface area contributed by atoms with E-state index in [0.29, 0.717) is 4.34 Å². The van der Waals surface area contributed by atoms with Gasteiger partial charge in [0.1, 0.15) is 0 Å². The van der Waals surface area contributed by atoms with Gasteiger partial charge in [0.05, 0.1) is 14.8 Å². The molecule has 1 aromatic heterocycles. The molecule has 0 N–H and O–H groups in total. The molecule has 1 nitrogen and oxygen atoms in total. The van der Waals surface area contributed by atoms with Gasteiger partial charge in [-0.3, -0.25) is 4.79 Å². The fraction of sp³-hybridized carbons (Fsp3) is 0. The Kier molecular flexibility index (Phi) is 3.03. The second kappa shape index (κ2) is 4.31. The molecule has 0 fully saturated rings. The van der Waals surface area contributed by atoms with Crippen molar-refractivity contribution in [2.75, 3.05) is 0 Å². The molecule has 0 amide bonds. The van der Waals surface area contributed by atoms with E-state index < -0.39 is 17.4 Å². The van der Waals surface area contributed by atoms with Gasteiger partial charge in [-0.2, -0.15) is 0 Å². The van der Waals surface area contributed by atoms with Crippen LogP contribution in [-0.4, -0.2) is 5.78 Å². The van der Waals surface area contributed by atoms with Crippen molar-refractivity contribution in [2.24, 2.45) is 0 Å². The van der Waals surface area contributed by atoms with Gasteiger partial charge in [0, 0.05) is 0 Å². The molecular weight excluding hydrogens is 254 g/mol. The quantitative estimate of drug-likeness (QED) is 0.747. The first-order chi connectivity index (χ1) is 7.59. The number of carbonyl (C=O) groups is 1. The van der Waals surface area contributed by atoms with Crippen molar-refractivity contribution in [3.8, 4) is 0 Å². The second-order valence-electron chi connectivity index (χ2n) is 3.03. The first-order valence-electron chi connectivity index (χ1n) is 4.33. The van der Waals surface area contributed by atoms with Gasteiger partial charge in [-0.1, -0.05) is 17.7 Å². The van der Waals surface area contributed by atoms with Crippen LogP contribution in [0.25, 0.3) is 0 Å². The van der Waals surface area contributed by atoms with Gasteiger partial charge in [0.2, 0.25) is 5.78 Å². The second-order valence-corrected chi connectivity index (χ2v) is 4.75. The third kappa shape index (κ3) is 1.99. The Hall–Kier alpha value is -1.26. The van der Waals surface area contributed by atoms with Gasteiger partial charge in [-0.15, -0.1) is 11.3 Å². The molecular formula is C11H5ClF2OS. The molecule has 1 heterocycles.